The minimum Gasteiger partial charge on any atom is -0.459 e. The molecule has 4 rings (SSSR count). The van der Waals surface area contributed by atoms with E-state index in [0.29, 0.717) is 18.4 Å². The Kier molecular flexibility index (Phi) is 3.22. The summed E-state index contributed by atoms with van der Waals surface area (Å²) in [5, 5.41) is 1.08. The summed E-state index contributed by atoms with van der Waals surface area (Å²) in [6, 6.07) is 9.98. The SMILES string of the molecule is CN(Cc1cc2ccccc2o1)C(=O)C1C2CCC(C2)C1N. The van der Waals surface area contributed by atoms with E-state index in [2.05, 4.69) is 0 Å². The third-order valence-corrected chi connectivity index (χ3v) is 5.51. The number of para-hydroxylation sites is 1. The van der Waals surface area contributed by atoms with Crippen LogP contribution in [0.4, 0.5) is 0 Å². The van der Waals surface area contributed by atoms with Crippen LogP contribution in [0.5, 0.6) is 0 Å². The number of amides is 1. The fourth-order valence-corrected chi connectivity index (χ4v) is 4.38. The van der Waals surface area contributed by atoms with E-state index in [4.69, 9.17) is 10.2 Å². The average molecular weight is 298 g/mol. The van der Waals surface area contributed by atoms with Gasteiger partial charge in [0.25, 0.3) is 0 Å². The molecule has 4 heteroatoms. The molecule has 2 fully saturated rings. The second kappa shape index (κ2) is 5.13. The Morgan fingerprint density at radius 1 is 1.32 bits per heavy atom. The maximum atomic E-state index is 12.8. The van der Waals surface area contributed by atoms with Gasteiger partial charge in [0.1, 0.15) is 11.3 Å². The molecule has 1 amide bonds. The summed E-state index contributed by atoms with van der Waals surface area (Å²) in [4.78, 5) is 14.6. The van der Waals surface area contributed by atoms with Crippen molar-refractivity contribution in [2.75, 3.05) is 7.05 Å². The summed E-state index contributed by atoms with van der Waals surface area (Å²) < 4.78 is 5.82. The molecule has 1 aromatic carbocycles. The third-order valence-electron chi connectivity index (χ3n) is 5.51. The molecule has 2 aliphatic carbocycles. The van der Waals surface area contributed by atoms with Gasteiger partial charge in [0, 0.05) is 18.5 Å². The minimum atomic E-state index is 0.00753. The van der Waals surface area contributed by atoms with Gasteiger partial charge >= 0.3 is 0 Å². The van der Waals surface area contributed by atoms with E-state index >= 15 is 0 Å². The molecule has 2 aromatic rings. The van der Waals surface area contributed by atoms with E-state index < -0.39 is 0 Å². The summed E-state index contributed by atoms with van der Waals surface area (Å²) >= 11 is 0. The fourth-order valence-electron chi connectivity index (χ4n) is 4.38. The highest BCUT2D eigenvalue weighted by atomic mass is 16.3. The first-order valence-corrected chi connectivity index (χ1v) is 8.11. The van der Waals surface area contributed by atoms with Crippen LogP contribution in [0.2, 0.25) is 0 Å². The van der Waals surface area contributed by atoms with E-state index in [0.717, 1.165) is 29.6 Å². The highest BCUT2D eigenvalue weighted by molar-refractivity contribution is 5.81. The van der Waals surface area contributed by atoms with Gasteiger partial charge in [0.2, 0.25) is 5.91 Å². The Bertz CT molecular complexity index is 673. The molecular formula is C18H22N2O2. The number of carbonyl (C=O) groups excluding carboxylic acids is 1. The van der Waals surface area contributed by atoms with Gasteiger partial charge in [-0.25, -0.2) is 0 Å². The molecule has 1 heterocycles. The van der Waals surface area contributed by atoms with Gasteiger partial charge in [-0.1, -0.05) is 18.2 Å². The van der Waals surface area contributed by atoms with E-state index in [9.17, 15) is 4.79 Å². The van der Waals surface area contributed by atoms with E-state index in [1.165, 1.54) is 6.42 Å². The Labute approximate surface area is 130 Å². The molecule has 0 saturated heterocycles. The van der Waals surface area contributed by atoms with Crippen molar-refractivity contribution in [2.45, 2.75) is 31.8 Å². The van der Waals surface area contributed by atoms with Crippen LogP contribution in [0.25, 0.3) is 11.0 Å². The number of hydrogen-bond acceptors (Lipinski definition) is 3. The summed E-state index contributed by atoms with van der Waals surface area (Å²) in [6.07, 6.45) is 3.49. The van der Waals surface area contributed by atoms with Crippen molar-refractivity contribution in [1.29, 1.82) is 0 Å². The molecule has 4 nitrogen and oxygen atoms in total. The van der Waals surface area contributed by atoms with Crippen LogP contribution in [0.3, 0.4) is 0 Å². The highest BCUT2D eigenvalue weighted by Crippen LogP contribution is 2.48. The quantitative estimate of drug-likeness (QED) is 0.948. The van der Waals surface area contributed by atoms with Crippen LogP contribution in [0.15, 0.2) is 34.7 Å². The predicted molar refractivity (Wildman–Crippen MR) is 85.0 cm³/mol. The molecule has 0 spiro atoms. The third kappa shape index (κ3) is 2.13. The van der Waals surface area contributed by atoms with E-state index in [1.807, 2.05) is 37.4 Å². The number of fused-ring (bicyclic) bond motifs is 3. The monoisotopic (exact) mass is 298 g/mol. The van der Waals surface area contributed by atoms with Gasteiger partial charge < -0.3 is 15.1 Å². The van der Waals surface area contributed by atoms with Crippen molar-refractivity contribution in [3.8, 4) is 0 Å². The van der Waals surface area contributed by atoms with Crippen LogP contribution in [-0.2, 0) is 11.3 Å². The van der Waals surface area contributed by atoms with Crippen LogP contribution >= 0.6 is 0 Å². The first-order valence-electron chi connectivity index (χ1n) is 8.11. The molecular weight excluding hydrogens is 276 g/mol. The number of nitrogens with two attached hydrogens (primary N) is 1. The second-order valence-electron chi connectivity index (χ2n) is 6.88. The Balaban J connectivity index is 1.49. The largest absolute Gasteiger partial charge is 0.459 e. The van der Waals surface area contributed by atoms with Crippen molar-refractivity contribution in [3.05, 3.63) is 36.1 Å². The van der Waals surface area contributed by atoms with Gasteiger partial charge in [0.05, 0.1) is 12.5 Å². The zero-order chi connectivity index (χ0) is 15.3. The minimum absolute atomic E-state index is 0.00753. The molecule has 2 aliphatic rings. The topological polar surface area (TPSA) is 59.5 Å². The maximum Gasteiger partial charge on any atom is 0.227 e. The van der Waals surface area contributed by atoms with Crippen molar-refractivity contribution >= 4 is 16.9 Å². The van der Waals surface area contributed by atoms with Gasteiger partial charge in [-0.15, -0.1) is 0 Å². The van der Waals surface area contributed by atoms with E-state index in [1.54, 1.807) is 4.90 Å². The van der Waals surface area contributed by atoms with Crippen LogP contribution in [0, 0.1) is 17.8 Å². The summed E-state index contributed by atoms with van der Waals surface area (Å²) in [6.45, 7) is 0.508. The smallest absolute Gasteiger partial charge is 0.227 e. The highest BCUT2D eigenvalue weighted by Gasteiger charge is 2.49. The van der Waals surface area contributed by atoms with Crippen LogP contribution in [-0.4, -0.2) is 23.9 Å². The Morgan fingerprint density at radius 3 is 2.82 bits per heavy atom. The van der Waals surface area contributed by atoms with Gasteiger partial charge in [-0.3, -0.25) is 4.79 Å². The molecule has 22 heavy (non-hydrogen) atoms. The van der Waals surface area contributed by atoms with Gasteiger partial charge in [-0.2, -0.15) is 0 Å². The van der Waals surface area contributed by atoms with Crippen molar-refractivity contribution in [2.24, 2.45) is 23.5 Å². The average Bonchev–Trinajstić information content (AvgIpc) is 3.19. The Morgan fingerprint density at radius 2 is 2.09 bits per heavy atom. The molecule has 1 aromatic heterocycles. The first-order chi connectivity index (χ1) is 10.6. The molecule has 4 unspecified atom stereocenters. The lowest BCUT2D eigenvalue weighted by Gasteiger charge is -2.30. The maximum absolute atomic E-state index is 12.8. The Hall–Kier alpha value is -1.81. The molecule has 4 atom stereocenters. The van der Waals surface area contributed by atoms with Crippen LogP contribution in [0.1, 0.15) is 25.0 Å². The predicted octanol–water partition coefficient (Wildman–Crippen LogP) is 2.76. The van der Waals surface area contributed by atoms with Crippen molar-refractivity contribution in [3.63, 3.8) is 0 Å². The van der Waals surface area contributed by atoms with E-state index in [-0.39, 0.29) is 17.9 Å². The van der Waals surface area contributed by atoms with Crippen molar-refractivity contribution < 1.29 is 9.21 Å². The summed E-state index contributed by atoms with van der Waals surface area (Å²) in [7, 11) is 1.86. The molecule has 2 saturated carbocycles. The molecule has 0 aliphatic heterocycles. The lowest BCUT2D eigenvalue weighted by Crippen LogP contribution is -2.45. The molecule has 0 radical (unpaired) electrons. The summed E-state index contributed by atoms with van der Waals surface area (Å²) in [5.41, 5.74) is 7.16. The fraction of sp³-hybridized carbons (Fsp3) is 0.500. The molecule has 116 valence electrons. The lowest BCUT2D eigenvalue weighted by atomic mass is 9.84. The number of benzene rings is 1. The first kappa shape index (κ1) is 13.8. The number of rotatable bonds is 3. The lowest BCUT2D eigenvalue weighted by molar-refractivity contribution is -0.137. The normalized spacial score (nSPS) is 30.1. The van der Waals surface area contributed by atoms with Gasteiger partial charge in [-0.05, 0) is 43.2 Å². The second-order valence-corrected chi connectivity index (χ2v) is 6.88. The summed E-state index contributed by atoms with van der Waals surface area (Å²) in [5.74, 6) is 2.06. The number of carbonyl (C=O) groups is 1. The van der Waals surface area contributed by atoms with Gasteiger partial charge in [0.15, 0.2) is 0 Å². The van der Waals surface area contributed by atoms with Crippen LogP contribution < -0.4 is 5.73 Å². The molecule has 2 bridgehead atoms. The zero-order valence-corrected chi connectivity index (χ0v) is 12.9. The number of hydrogen-bond donors (Lipinski definition) is 1. The number of furan rings is 1. The zero-order valence-electron chi connectivity index (χ0n) is 12.9. The standard InChI is InChI=1S/C18H22N2O2/c1-20(10-14-9-11-4-2-3-5-15(11)22-14)18(21)16-12-6-7-13(8-12)17(16)19/h2-5,9,12-13,16-17H,6-8,10,19H2,1H3. The number of nitrogens with zero attached hydrogens (tertiary/aromatic N) is 1. The van der Waals surface area contributed by atoms with Crippen molar-refractivity contribution in [1.82, 2.24) is 4.90 Å². The molecule has 2 N–H and O–H groups in total.